The van der Waals surface area contributed by atoms with Gasteiger partial charge in [0.15, 0.2) is 0 Å². The lowest BCUT2D eigenvalue weighted by Crippen LogP contribution is -2.45. The number of benzene rings is 1. The second-order valence-electron chi connectivity index (χ2n) is 7.63. The van der Waals surface area contributed by atoms with Gasteiger partial charge in [-0.05, 0) is 61.5 Å². The predicted molar refractivity (Wildman–Crippen MR) is 100 cm³/mol. The zero-order chi connectivity index (χ0) is 19.2. The summed E-state index contributed by atoms with van der Waals surface area (Å²) >= 11 is 0. The van der Waals surface area contributed by atoms with Crippen LogP contribution in [0.3, 0.4) is 0 Å². The second-order valence-corrected chi connectivity index (χ2v) is 7.63. The maximum Gasteiger partial charge on any atom is 0.387 e. The molecule has 2 aliphatic heterocycles. The fourth-order valence-corrected chi connectivity index (χ4v) is 3.90. The zero-order valence-corrected chi connectivity index (χ0v) is 15.9. The quantitative estimate of drug-likeness (QED) is 0.821. The minimum absolute atomic E-state index is 0.0914. The van der Waals surface area contributed by atoms with Gasteiger partial charge in [-0.3, -0.25) is 0 Å². The van der Waals surface area contributed by atoms with Crippen molar-refractivity contribution in [3.8, 4) is 5.75 Å². The Morgan fingerprint density at radius 3 is 2.70 bits per heavy atom. The molecule has 1 saturated heterocycles. The van der Waals surface area contributed by atoms with Crippen LogP contribution in [0.15, 0.2) is 18.2 Å². The van der Waals surface area contributed by atoms with Crippen molar-refractivity contribution in [2.45, 2.75) is 45.8 Å². The molecular formula is C20H29F2N3O2. The molecule has 5 nitrogen and oxygen atoms in total. The number of hydrogen-bond donors (Lipinski definition) is 1. The lowest BCUT2D eigenvalue weighted by Gasteiger charge is -2.31. The summed E-state index contributed by atoms with van der Waals surface area (Å²) in [7, 11) is 0. The number of alkyl halides is 2. The van der Waals surface area contributed by atoms with Crippen LogP contribution in [-0.4, -0.2) is 55.2 Å². The van der Waals surface area contributed by atoms with Crippen LogP contribution in [0.2, 0.25) is 0 Å². The van der Waals surface area contributed by atoms with Crippen molar-refractivity contribution in [2.24, 2.45) is 5.92 Å². The standard InChI is InChI=1S/C20H29F2N3O2/c1-15(13-24-8-3-2-4-9-24)12-23-20(26)25-10-7-16-5-6-18(27-19(21)22)11-17(16)14-25/h5-6,11,15,19H,2-4,7-10,12-14H2,1H3,(H,23,26)/t15-/m1/s1. The number of rotatable bonds is 6. The van der Waals surface area contributed by atoms with E-state index < -0.39 is 6.61 Å². The van der Waals surface area contributed by atoms with Crippen LogP contribution in [0.1, 0.15) is 37.3 Å². The first-order valence-electron chi connectivity index (χ1n) is 9.83. The Hall–Kier alpha value is -1.89. The monoisotopic (exact) mass is 381 g/mol. The maximum absolute atomic E-state index is 12.5. The molecule has 0 aromatic heterocycles. The van der Waals surface area contributed by atoms with Gasteiger partial charge in [-0.2, -0.15) is 8.78 Å². The van der Waals surface area contributed by atoms with E-state index in [1.54, 1.807) is 17.0 Å². The lowest BCUT2D eigenvalue weighted by atomic mass is 10.00. The molecule has 3 rings (SSSR count). The summed E-state index contributed by atoms with van der Waals surface area (Å²) in [6.45, 7) is 4.34. The number of carbonyl (C=O) groups is 1. The number of fused-ring (bicyclic) bond motifs is 1. The van der Waals surface area contributed by atoms with Crippen molar-refractivity contribution < 1.29 is 18.3 Å². The van der Waals surface area contributed by atoms with Gasteiger partial charge in [-0.25, -0.2) is 4.79 Å². The minimum Gasteiger partial charge on any atom is -0.435 e. The molecular weight excluding hydrogens is 352 g/mol. The number of ether oxygens (including phenoxy) is 1. The van der Waals surface area contributed by atoms with Crippen LogP contribution < -0.4 is 10.1 Å². The summed E-state index contributed by atoms with van der Waals surface area (Å²) in [5, 5.41) is 3.03. The van der Waals surface area contributed by atoms with Crippen molar-refractivity contribution >= 4 is 6.03 Å². The zero-order valence-electron chi connectivity index (χ0n) is 15.9. The Kier molecular flexibility index (Phi) is 6.88. The molecule has 1 aromatic carbocycles. The van der Waals surface area contributed by atoms with Gasteiger partial charge in [0.1, 0.15) is 5.75 Å². The van der Waals surface area contributed by atoms with Crippen LogP contribution in [0.25, 0.3) is 0 Å². The van der Waals surface area contributed by atoms with E-state index in [-0.39, 0.29) is 11.8 Å². The molecule has 1 fully saturated rings. The molecule has 7 heteroatoms. The molecule has 0 bridgehead atoms. The highest BCUT2D eigenvalue weighted by Crippen LogP contribution is 2.25. The molecule has 2 aliphatic rings. The number of carbonyl (C=O) groups excluding carboxylic acids is 1. The van der Waals surface area contributed by atoms with Gasteiger partial charge in [0, 0.05) is 26.2 Å². The molecule has 2 heterocycles. The molecule has 1 N–H and O–H groups in total. The average molecular weight is 381 g/mol. The molecule has 0 aliphatic carbocycles. The number of amides is 2. The Bertz CT molecular complexity index is 636. The van der Waals surface area contributed by atoms with E-state index in [0.717, 1.165) is 37.2 Å². The average Bonchev–Trinajstić information content (AvgIpc) is 2.66. The third kappa shape index (κ3) is 5.79. The summed E-state index contributed by atoms with van der Waals surface area (Å²) in [5.41, 5.74) is 1.95. The van der Waals surface area contributed by atoms with Gasteiger partial charge in [0.2, 0.25) is 0 Å². The Balaban J connectivity index is 1.48. The number of halogens is 2. The minimum atomic E-state index is -2.84. The number of piperidine rings is 1. The highest BCUT2D eigenvalue weighted by Gasteiger charge is 2.22. The van der Waals surface area contributed by atoms with Gasteiger partial charge < -0.3 is 19.9 Å². The summed E-state index contributed by atoms with van der Waals surface area (Å²) in [4.78, 5) is 16.7. The van der Waals surface area contributed by atoms with Gasteiger partial charge in [0.25, 0.3) is 0 Å². The van der Waals surface area contributed by atoms with Crippen molar-refractivity contribution in [1.82, 2.24) is 15.1 Å². The van der Waals surface area contributed by atoms with E-state index in [9.17, 15) is 13.6 Å². The maximum atomic E-state index is 12.5. The smallest absolute Gasteiger partial charge is 0.387 e. The number of hydrogen-bond acceptors (Lipinski definition) is 3. The predicted octanol–water partition coefficient (Wildman–Crippen LogP) is 3.48. The van der Waals surface area contributed by atoms with Crippen molar-refractivity contribution in [3.63, 3.8) is 0 Å². The normalized spacial score (nSPS) is 18.9. The van der Waals surface area contributed by atoms with E-state index in [0.29, 0.717) is 25.6 Å². The van der Waals surface area contributed by atoms with Crippen LogP contribution in [0, 0.1) is 5.92 Å². The van der Waals surface area contributed by atoms with E-state index in [1.165, 1.54) is 19.3 Å². The molecule has 150 valence electrons. The molecule has 1 atom stereocenters. The SMILES string of the molecule is C[C@H](CNC(=O)N1CCc2ccc(OC(F)F)cc2C1)CN1CCCCC1. The van der Waals surface area contributed by atoms with Gasteiger partial charge >= 0.3 is 12.6 Å². The lowest BCUT2D eigenvalue weighted by molar-refractivity contribution is -0.0499. The highest BCUT2D eigenvalue weighted by molar-refractivity contribution is 5.74. The van der Waals surface area contributed by atoms with Crippen LogP contribution >= 0.6 is 0 Å². The summed E-state index contributed by atoms with van der Waals surface area (Å²) < 4.78 is 29.3. The van der Waals surface area contributed by atoms with Crippen LogP contribution in [-0.2, 0) is 13.0 Å². The highest BCUT2D eigenvalue weighted by atomic mass is 19.3. The molecule has 0 spiro atoms. The number of nitrogens with one attached hydrogen (secondary N) is 1. The fraction of sp³-hybridized carbons (Fsp3) is 0.650. The second kappa shape index (κ2) is 9.35. The van der Waals surface area contributed by atoms with E-state index in [2.05, 4.69) is 21.9 Å². The first-order valence-corrected chi connectivity index (χ1v) is 9.83. The van der Waals surface area contributed by atoms with E-state index in [1.807, 2.05) is 6.07 Å². The van der Waals surface area contributed by atoms with Gasteiger partial charge in [-0.15, -0.1) is 0 Å². The van der Waals surface area contributed by atoms with Crippen molar-refractivity contribution in [2.75, 3.05) is 32.7 Å². The summed E-state index contributed by atoms with van der Waals surface area (Å²) in [6, 6.07) is 4.89. The first kappa shape index (κ1) is 19.9. The Morgan fingerprint density at radius 2 is 1.96 bits per heavy atom. The molecule has 0 saturated carbocycles. The van der Waals surface area contributed by atoms with E-state index >= 15 is 0 Å². The number of nitrogens with zero attached hydrogens (tertiary/aromatic N) is 2. The van der Waals surface area contributed by atoms with Crippen LogP contribution in [0.4, 0.5) is 13.6 Å². The van der Waals surface area contributed by atoms with Crippen molar-refractivity contribution in [3.05, 3.63) is 29.3 Å². The summed E-state index contributed by atoms with van der Waals surface area (Å²) in [5.74, 6) is 0.538. The van der Waals surface area contributed by atoms with Gasteiger partial charge in [-0.1, -0.05) is 19.4 Å². The molecule has 0 radical (unpaired) electrons. The third-order valence-corrected chi connectivity index (χ3v) is 5.32. The molecule has 0 unspecified atom stereocenters. The molecule has 27 heavy (non-hydrogen) atoms. The van der Waals surface area contributed by atoms with Crippen LogP contribution in [0.5, 0.6) is 5.75 Å². The largest absolute Gasteiger partial charge is 0.435 e. The van der Waals surface area contributed by atoms with Gasteiger partial charge in [0.05, 0.1) is 0 Å². The Morgan fingerprint density at radius 1 is 1.19 bits per heavy atom. The molecule has 1 aromatic rings. The topological polar surface area (TPSA) is 44.8 Å². The fourth-order valence-electron chi connectivity index (χ4n) is 3.90. The summed E-state index contributed by atoms with van der Waals surface area (Å²) in [6.07, 6.45) is 4.58. The van der Waals surface area contributed by atoms with E-state index in [4.69, 9.17) is 0 Å². The Labute approximate surface area is 159 Å². The van der Waals surface area contributed by atoms with Crippen molar-refractivity contribution in [1.29, 1.82) is 0 Å². The third-order valence-electron chi connectivity index (χ3n) is 5.32. The molecule has 2 amide bonds. The number of urea groups is 1. The first-order chi connectivity index (χ1) is 13.0. The number of likely N-dealkylation sites (tertiary alicyclic amines) is 1.